The van der Waals surface area contributed by atoms with Crippen LogP contribution in [0.4, 0.5) is 15.7 Å². The van der Waals surface area contributed by atoms with Crippen molar-refractivity contribution in [1.29, 1.82) is 0 Å². The number of hydrogen-bond donors (Lipinski definition) is 1. The minimum absolute atomic E-state index is 0.0273. The lowest BCUT2D eigenvalue weighted by Gasteiger charge is -2.24. The maximum absolute atomic E-state index is 12.8. The molecule has 31 heavy (non-hydrogen) atoms. The van der Waals surface area contributed by atoms with E-state index in [1.54, 1.807) is 20.8 Å². The van der Waals surface area contributed by atoms with Gasteiger partial charge in [-0.05, 0) is 32.9 Å². The Morgan fingerprint density at radius 2 is 2.00 bits per heavy atom. The molecule has 2 aromatic heterocycles. The fraction of sp³-hybridized carbons (Fsp3) is 0.400. The average molecular weight is 446 g/mol. The number of nitrogens with zero attached hydrogens (tertiary/aromatic N) is 3. The van der Waals surface area contributed by atoms with Crippen LogP contribution in [-0.2, 0) is 20.9 Å². The van der Waals surface area contributed by atoms with Gasteiger partial charge in [-0.2, -0.15) is 0 Å². The molecule has 11 heteroatoms. The van der Waals surface area contributed by atoms with Crippen molar-refractivity contribution >= 4 is 45.9 Å². The summed E-state index contributed by atoms with van der Waals surface area (Å²) in [5.74, 6) is -1.10. The maximum atomic E-state index is 12.8. The molecule has 1 aliphatic heterocycles. The fourth-order valence-electron chi connectivity index (χ4n) is 2.70. The lowest BCUT2D eigenvalue weighted by molar-refractivity contribution is -0.114. The molecule has 2 amide bonds. The molecule has 0 aliphatic carbocycles. The molecule has 3 rings (SSSR count). The van der Waals surface area contributed by atoms with E-state index in [-0.39, 0.29) is 33.9 Å². The van der Waals surface area contributed by atoms with Gasteiger partial charge in [0, 0.05) is 25.7 Å². The van der Waals surface area contributed by atoms with Crippen LogP contribution >= 0.6 is 11.3 Å². The van der Waals surface area contributed by atoms with Gasteiger partial charge in [0.1, 0.15) is 16.3 Å². The highest BCUT2D eigenvalue weighted by Gasteiger charge is 2.37. The van der Waals surface area contributed by atoms with Gasteiger partial charge >= 0.3 is 6.09 Å². The predicted molar refractivity (Wildman–Crippen MR) is 113 cm³/mol. The van der Waals surface area contributed by atoms with Crippen LogP contribution in [0, 0.1) is 0 Å². The molecule has 0 saturated heterocycles. The summed E-state index contributed by atoms with van der Waals surface area (Å²) < 4.78 is 10.7. The minimum atomic E-state index is -1.32. The maximum Gasteiger partial charge on any atom is 0.415 e. The molecule has 2 aromatic rings. The molecule has 1 unspecified atom stereocenters. The summed E-state index contributed by atoms with van der Waals surface area (Å²) in [7, 11) is 1.50. The van der Waals surface area contributed by atoms with E-state index in [0.717, 1.165) is 11.3 Å². The first-order chi connectivity index (χ1) is 14.5. The molecule has 164 valence electrons. The number of nitrogens with one attached hydrogen (secondary N) is 1. The first-order valence-electron chi connectivity index (χ1n) is 9.36. The Balaban J connectivity index is 1.73. The number of pyridine rings is 1. The second-order valence-corrected chi connectivity index (χ2v) is 8.84. The number of fused-ring (bicyclic) bond motifs is 1. The smallest absolute Gasteiger partial charge is 0.415 e. The zero-order valence-corrected chi connectivity index (χ0v) is 18.5. The zero-order valence-electron chi connectivity index (χ0n) is 17.7. The normalized spacial score (nSPS) is 15.8. The van der Waals surface area contributed by atoms with Crippen LogP contribution < -0.4 is 10.2 Å². The van der Waals surface area contributed by atoms with Crippen LogP contribution in [0.2, 0.25) is 0 Å². The van der Waals surface area contributed by atoms with Gasteiger partial charge in [0.25, 0.3) is 0 Å². The molecule has 3 heterocycles. The third-order valence-electron chi connectivity index (χ3n) is 4.11. The quantitative estimate of drug-likeness (QED) is 0.561. The molecule has 10 nitrogen and oxygen atoms in total. The van der Waals surface area contributed by atoms with Gasteiger partial charge in [-0.15, -0.1) is 0 Å². The summed E-state index contributed by atoms with van der Waals surface area (Å²) >= 11 is 1.00. The van der Waals surface area contributed by atoms with Gasteiger partial charge in [0.2, 0.25) is 17.5 Å². The number of ketones is 2. The lowest BCUT2D eigenvalue weighted by Crippen LogP contribution is -2.37. The van der Waals surface area contributed by atoms with Gasteiger partial charge < -0.3 is 14.8 Å². The number of ether oxygens (including phenoxy) is 2. The number of Topliss-reactive ketones (excluding diaryl/α,β-unsaturated/α-hetero) is 2. The predicted octanol–water partition coefficient (Wildman–Crippen LogP) is 2.83. The Hall–Kier alpha value is -3.18. The number of carbonyl (C=O) groups is 4. The molecule has 0 aromatic carbocycles. The second-order valence-electron chi connectivity index (χ2n) is 7.84. The molecular formula is C20H22N4O6S. The highest BCUT2D eigenvalue weighted by Crippen LogP contribution is 2.30. The highest BCUT2D eigenvalue weighted by molar-refractivity contribution is 7.17. The molecule has 0 spiro atoms. The third kappa shape index (κ3) is 5.12. The van der Waals surface area contributed by atoms with Gasteiger partial charge in [0.15, 0.2) is 11.2 Å². The third-order valence-corrected chi connectivity index (χ3v) is 5.14. The summed E-state index contributed by atoms with van der Waals surface area (Å²) in [5, 5.41) is 2.80. The SMILES string of the molecule is CC(=O)Nc1nc2c(s1)C(=O)C(C(=O)c1ccc(N(C)C(=O)OC(C)(C)C)nc1)OC2. The second kappa shape index (κ2) is 8.52. The molecule has 1 atom stereocenters. The number of hydrogen-bond acceptors (Lipinski definition) is 9. The van der Waals surface area contributed by atoms with Crippen molar-refractivity contribution in [2.75, 3.05) is 17.3 Å². The average Bonchev–Trinajstić information content (AvgIpc) is 3.08. The van der Waals surface area contributed by atoms with E-state index in [1.165, 1.54) is 37.2 Å². The molecule has 1 aliphatic rings. The molecule has 0 saturated carbocycles. The molecule has 0 radical (unpaired) electrons. The van der Waals surface area contributed by atoms with Crippen molar-refractivity contribution in [3.63, 3.8) is 0 Å². The molecule has 1 N–H and O–H groups in total. The van der Waals surface area contributed by atoms with Crippen molar-refractivity contribution in [3.8, 4) is 0 Å². The fourth-order valence-corrected chi connectivity index (χ4v) is 3.68. The van der Waals surface area contributed by atoms with Gasteiger partial charge in [0.05, 0.1) is 12.3 Å². The lowest BCUT2D eigenvalue weighted by atomic mass is 10.0. The number of rotatable bonds is 4. The standard InChI is InChI=1S/C20H22N4O6S/c1-10(25)22-18-23-12-9-29-16(15(27)17(12)31-18)14(26)11-6-7-13(21-8-11)24(5)19(28)30-20(2,3)4/h6-8,16H,9H2,1-5H3,(H,22,23,25). The highest BCUT2D eigenvalue weighted by atomic mass is 32.1. The Morgan fingerprint density at radius 1 is 1.29 bits per heavy atom. The van der Waals surface area contributed by atoms with Crippen LogP contribution in [-0.4, -0.2) is 52.3 Å². The largest absolute Gasteiger partial charge is 0.443 e. The topological polar surface area (TPSA) is 128 Å². The first kappa shape index (κ1) is 22.5. The van der Waals surface area contributed by atoms with Crippen LogP contribution in [0.25, 0.3) is 0 Å². The van der Waals surface area contributed by atoms with E-state index in [2.05, 4.69) is 15.3 Å². The number of amides is 2. The number of carbonyl (C=O) groups excluding carboxylic acids is 4. The summed E-state index contributed by atoms with van der Waals surface area (Å²) in [6, 6.07) is 2.95. The number of thiazole rings is 1. The van der Waals surface area contributed by atoms with Crippen LogP contribution in [0.5, 0.6) is 0 Å². The van der Waals surface area contributed by atoms with Crippen molar-refractivity contribution in [2.45, 2.75) is 46.0 Å². The molecular weight excluding hydrogens is 424 g/mol. The Bertz CT molecular complexity index is 1040. The van der Waals surface area contributed by atoms with Crippen LogP contribution in [0.3, 0.4) is 0 Å². The van der Waals surface area contributed by atoms with Gasteiger partial charge in [-0.1, -0.05) is 11.3 Å². The van der Waals surface area contributed by atoms with E-state index in [9.17, 15) is 19.2 Å². The van der Waals surface area contributed by atoms with Crippen LogP contribution in [0.15, 0.2) is 18.3 Å². The Labute approximate surface area is 182 Å². The van der Waals surface area contributed by atoms with Gasteiger partial charge in [-0.25, -0.2) is 14.8 Å². The van der Waals surface area contributed by atoms with E-state index in [4.69, 9.17) is 9.47 Å². The van der Waals surface area contributed by atoms with E-state index in [0.29, 0.717) is 5.69 Å². The van der Waals surface area contributed by atoms with Crippen molar-refractivity contribution < 1.29 is 28.7 Å². The number of anilines is 2. The summed E-state index contributed by atoms with van der Waals surface area (Å²) in [6.07, 6.45) is -0.632. The summed E-state index contributed by atoms with van der Waals surface area (Å²) in [5.41, 5.74) is -0.111. The Morgan fingerprint density at radius 3 is 2.58 bits per heavy atom. The van der Waals surface area contributed by atoms with Crippen LogP contribution in [0.1, 0.15) is 53.4 Å². The first-order valence-corrected chi connectivity index (χ1v) is 10.2. The van der Waals surface area contributed by atoms with Crippen molar-refractivity contribution in [2.24, 2.45) is 0 Å². The summed E-state index contributed by atoms with van der Waals surface area (Å²) in [4.78, 5) is 58.7. The van der Waals surface area contributed by atoms with E-state index >= 15 is 0 Å². The number of aromatic nitrogens is 2. The molecule has 0 fully saturated rings. The van der Waals surface area contributed by atoms with Crippen molar-refractivity contribution in [1.82, 2.24) is 9.97 Å². The monoisotopic (exact) mass is 446 g/mol. The molecule has 0 bridgehead atoms. The van der Waals surface area contributed by atoms with E-state index in [1.807, 2.05) is 0 Å². The summed E-state index contributed by atoms with van der Waals surface area (Å²) in [6.45, 7) is 6.57. The van der Waals surface area contributed by atoms with Gasteiger partial charge in [-0.3, -0.25) is 19.3 Å². The zero-order chi connectivity index (χ0) is 22.9. The van der Waals surface area contributed by atoms with E-state index < -0.39 is 29.4 Å². The van der Waals surface area contributed by atoms with Crippen molar-refractivity contribution in [3.05, 3.63) is 34.5 Å². The Kier molecular flexibility index (Phi) is 6.18. The minimum Gasteiger partial charge on any atom is -0.443 e.